The molecule has 1 heterocycles. The zero-order chi connectivity index (χ0) is 13.1. The highest BCUT2D eigenvalue weighted by Crippen LogP contribution is 2.26. The summed E-state index contributed by atoms with van der Waals surface area (Å²) in [5.41, 5.74) is 8.08. The predicted molar refractivity (Wildman–Crippen MR) is 75.5 cm³/mol. The minimum atomic E-state index is -0.276. The van der Waals surface area contributed by atoms with Gasteiger partial charge in [-0.1, -0.05) is 39.7 Å². The van der Waals surface area contributed by atoms with Gasteiger partial charge in [0.05, 0.1) is 17.9 Å². The molecule has 0 saturated heterocycles. The molecule has 6 heteroatoms. The first-order valence-electron chi connectivity index (χ1n) is 5.71. The van der Waals surface area contributed by atoms with Gasteiger partial charge in [0.2, 0.25) is 0 Å². The Balaban J connectivity index is 2.34. The maximum atomic E-state index is 6.25. The fourth-order valence-corrected chi connectivity index (χ4v) is 2.70. The number of nitrogens with two attached hydrogens (primary N) is 1. The van der Waals surface area contributed by atoms with Crippen molar-refractivity contribution in [1.29, 1.82) is 0 Å². The molecule has 0 radical (unpaired) electrons. The van der Waals surface area contributed by atoms with Crippen molar-refractivity contribution >= 4 is 27.5 Å². The van der Waals surface area contributed by atoms with Gasteiger partial charge < -0.3 is 5.73 Å². The third-order valence-electron chi connectivity index (χ3n) is 2.65. The van der Waals surface area contributed by atoms with Crippen molar-refractivity contribution < 1.29 is 0 Å². The predicted octanol–water partition coefficient (Wildman–Crippen LogP) is 3.15. The molecule has 0 aliphatic heterocycles. The van der Waals surface area contributed by atoms with Crippen molar-refractivity contribution in [3.63, 3.8) is 0 Å². The van der Waals surface area contributed by atoms with Gasteiger partial charge in [0.15, 0.2) is 0 Å². The van der Waals surface area contributed by atoms with Crippen LogP contribution < -0.4 is 5.73 Å². The summed E-state index contributed by atoms with van der Waals surface area (Å²) in [6.45, 7) is 2.90. The Morgan fingerprint density at radius 2 is 2.22 bits per heavy atom. The van der Waals surface area contributed by atoms with E-state index in [2.05, 4.69) is 33.2 Å². The second-order valence-corrected chi connectivity index (χ2v) is 5.41. The smallest absolute Gasteiger partial charge is 0.0799 e. The summed E-state index contributed by atoms with van der Waals surface area (Å²) in [5.74, 6) is 0. The normalized spacial score (nSPS) is 12.7. The Morgan fingerprint density at radius 1 is 1.44 bits per heavy atom. The first kappa shape index (κ1) is 13.5. The molecule has 1 aromatic carbocycles. The van der Waals surface area contributed by atoms with E-state index in [0.29, 0.717) is 5.02 Å². The highest BCUT2D eigenvalue weighted by molar-refractivity contribution is 9.10. The van der Waals surface area contributed by atoms with E-state index in [1.165, 1.54) is 0 Å². The average molecular weight is 330 g/mol. The van der Waals surface area contributed by atoms with E-state index in [1.54, 1.807) is 6.20 Å². The second-order valence-electron chi connectivity index (χ2n) is 4.06. The topological polar surface area (TPSA) is 56.7 Å². The van der Waals surface area contributed by atoms with Crippen molar-refractivity contribution in [2.24, 2.45) is 5.73 Å². The minimum absolute atomic E-state index is 0.276. The lowest BCUT2D eigenvalue weighted by Gasteiger charge is -2.14. The van der Waals surface area contributed by atoms with E-state index in [0.717, 1.165) is 28.7 Å². The molecule has 0 bridgehead atoms. The Kier molecular flexibility index (Phi) is 4.37. The van der Waals surface area contributed by atoms with Crippen molar-refractivity contribution in [1.82, 2.24) is 15.0 Å². The highest BCUT2D eigenvalue weighted by Gasteiger charge is 2.15. The number of nitrogens with zero attached hydrogens (tertiary/aromatic N) is 3. The Labute approximate surface area is 119 Å². The standard InChI is InChI=1S/C12H14BrClN4/c1-2-3-18-11(7-16-17-18)12(15)8-4-9(13)6-10(14)5-8/h4-7,12H,2-3,15H2,1H3. The Hall–Kier alpha value is -0.910. The summed E-state index contributed by atoms with van der Waals surface area (Å²) >= 11 is 9.45. The fourth-order valence-electron chi connectivity index (χ4n) is 1.82. The van der Waals surface area contributed by atoms with Gasteiger partial charge in [-0.05, 0) is 30.2 Å². The van der Waals surface area contributed by atoms with E-state index in [9.17, 15) is 0 Å². The van der Waals surface area contributed by atoms with Crippen molar-refractivity contribution in [3.8, 4) is 0 Å². The van der Waals surface area contributed by atoms with Crippen LogP contribution >= 0.6 is 27.5 Å². The number of hydrogen-bond donors (Lipinski definition) is 1. The van der Waals surface area contributed by atoms with Crippen molar-refractivity contribution in [2.45, 2.75) is 25.9 Å². The number of rotatable bonds is 4. The van der Waals surface area contributed by atoms with Crippen molar-refractivity contribution in [2.75, 3.05) is 0 Å². The van der Waals surface area contributed by atoms with Crippen LogP contribution in [0.5, 0.6) is 0 Å². The summed E-state index contributed by atoms with van der Waals surface area (Å²) < 4.78 is 2.74. The average Bonchev–Trinajstić information content (AvgIpc) is 2.75. The molecule has 0 amide bonds. The monoisotopic (exact) mass is 328 g/mol. The van der Waals surface area contributed by atoms with E-state index >= 15 is 0 Å². The third-order valence-corrected chi connectivity index (χ3v) is 3.32. The number of aromatic nitrogens is 3. The summed E-state index contributed by atoms with van der Waals surface area (Å²) in [6.07, 6.45) is 2.69. The number of benzene rings is 1. The molecule has 0 aliphatic rings. The molecule has 4 nitrogen and oxygen atoms in total. The molecule has 0 aliphatic carbocycles. The molecule has 1 unspecified atom stereocenters. The van der Waals surface area contributed by atoms with Gasteiger partial charge in [0.1, 0.15) is 0 Å². The van der Waals surface area contributed by atoms with E-state index in [1.807, 2.05) is 22.9 Å². The van der Waals surface area contributed by atoms with Crippen LogP contribution in [-0.4, -0.2) is 15.0 Å². The molecule has 0 spiro atoms. The maximum absolute atomic E-state index is 6.25. The van der Waals surface area contributed by atoms with E-state index < -0.39 is 0 Å². The second kappa shape index (κ2) is 5.82. The van der Waals surface area contributed by atoms with Crippen molar-refractivity contribution in [3.05, 3.63) is 45.1 Å². The Bertz CT molecular complexity index is 520. The van der Waals surface area contributed by atoms with Gasteiger partial charge in [-0.25, -0.2) is 4.68 Å². The van der Waals surface area contributed by atoms with Crippen LogP contribution in [0.1, 0.15) is 30.6 Å². The quantitative estimate of drug-likeness (QED) is 0.937. The summed E-state index contributed by atoms with van der Waals surface area (Å²) in [4.78, 5) is 0. The lowest BCUT2D eigenvalue weighted by molar-refractivity contribution is 0.543. The van der Waals surface area contributed by atoms with Crippen LogP contribution in [-0.2, 0) is 6.54 Å². The molecule has 0 fully saturated rings. The lowest BCUT2D eigenvalue weighted by Crippen LogP contribution is -2.17. The van der Waals surface area contributed by atoms with Gasteiger partial charge in [0.25, 0.3) is 0 Å². The molecule has 1 atom stereocenters. The molecule has 96 valence electrons. The minimum Gasteiger partial charge on any atom is -0.319 e. The van der Waals surface area contributed by atoms with Gasteiger partial charge >= 0.3 is 0 Å². The van der Waals surface area contributed by atoms with Gasteiger partial charge in [-0.2, -0.15) is 0 Å². The molecular formula is C12H14BrClN4. The van der Waals surface area contributed by atoms with Crippen LogP contribution in [0.3, 0.4) is 0 Å². The number of halogens is 2. The highest BCUT2D eigenvalue weighted by atomic mass is 79.9. The zero-order valence-corrected chi connectivity index (χ0v) is 12.3. The van der Waals surface area contributed by atoms with Crippen LogP contribution in [0, 0.1) is 0 Å². The van der Waals surface area contributed by atoms with Gasteiger partial charge in [-0.15, -0.1) is 5.10 Å². The molecule has 2 aromatic rings. The summed E-state index contributed by atoms with van der Waals surface area (Å²) in [6, 6.07) is 5.38. The first-order chi connectivity index (χ1) is 8.61. The third kappa shape index (κ3) is 2.91. The summed E-state index contributed by atoms with van der Waals surface area (Å²) in [7, 11) is 0. The molecular weight excluding hydrogens is 316 g/mol. The zero-order valence-electron chi connectivity index (χ0n) is 9.98. The van der Waals surface area contributed by atoms with Crippen LogP contribution in [0.15, 0.2) is 28.9 Å². The largest absolute Gasteiger partial charge is 0.319 e. The van der Waals surface area contributed by atoms with Gasteiger partial charge in [0, 0.05) is 16.0 Å². The van der Waals surface area contributed by atoms with E-state index in [4.69, 9.17) is 17.3 Å². The summed E-state index contributed by atoms with van der Waals surface area (Å²) in [5, 5.41) is 8.62. The maximum Gasteiger partial charge on any atom is 0.0799 e. The number of aryl methyl sites for hydroxylation is 1. The number of hydrogen-bond acceptors (Lipinski definition) is 3. The molecule has 2 N–H and O–H groups in total. The van der Waals surface area contributed by atoms with Crippen LogP contribution in [0.25, 0.3) is 0 Å². The van der Waals surface area contributed by atoms with E-state index in [-0.39, 0.29) is 6.04 Å². The SMILES string of the molecule is CCCn1nncc1C(N)c1cc(Cl)cc(Br)c1. The molecule has 0 saturated carbocycles. The Morgan fingerprint density at radius 3 is 2.89 bits per heavy atom. The van der Waals surface area contributed by atoms with Gasteiger partial charge in [-0.3, -0.25) is 0 Å². The fraction of sp³-hybridized carbons (Fsp3) is 0.333. The molecule has 18 heavy (non-hydrogen) atoms. The van der Waals surface area contributed by atoms with Crippen LogP contribution in [0.4, 0.5) is 0 Å². The first-order valence-corrected chi connectivity index (χ1v) is 6.89. The molecule has 1 aromatic heterocycles. The lowest BCUT2D eigenvalue weighted by atomic mass is 10.1. The molecule has 2 rings (SSSR count). The van der Waals surface area contributed by atoms with Crippen LogP contribution in [0.2, 0.25) is 5.02 Å².